The summed E-state index contributed by atoms with van der Waals surface area (Å²) in [6.45, 7) is 2.38. The predicted molar refractivity (Wildman–Crippen MR) is 78.9 cm³/mol. The SMILES string of the molecule is Cc1ccc(S(=O)(=O)N(C)CCc2ccncc2)cc1. The van der Waals surface area contributed by atoms with Crippen molar-refractivity contribution >= 4 is 10.0 Å². The van der Waals surface area contributed by atoms with Gasteiger partial charge >= 0.3 is 0 Å². The molecule has 2 aromatic rings. The molecule has 0 fully saturated rings. The van der Waals surface area contributed by atoms with E-state index in [-0.39, 0.29) is 0 Å². The highest BCUT2D eigenvalue weighted by Crippen LogP contribution is 2.15. The number of nitrogens with zero attached hydrogens (tertiary/aromatic N) is 2. The van der Waals surface area contributed by atoms with E-state index < -0.39 is 10.0 Å². The molecular formula is C15H18N2O2S. The molecule has 0 saturated heterocycles. The van der Waals surface area contributed by atoms with E-state index >= 15 is 0 Å². The Morgan fingerprint density at radius 2 is 1.65 bits per heavy atom. The Balaban J connectivity index is 2.08. The second kappa shape index (κ2) is 6.15. The Morgan fingerprint density at radius 1 is 1.05 bits per heavy atom. The van der Waals surface area contributed by atoms with E-state index in [2.05, 4.69) is 4.98 Å². The molecule has 1 heterocycles. The fourth-order valence-corrected chi connectivity index (χ4v) is 3.02. The number of sulfonamides is 1. The van der Waals surface area contributed by atoms with Crippen LogP contribution in [-0.4, -0.2) is 31.3 Å². The summed E-state index contributed by atoms with van der Waals surface area (Å²) in [5.74, 6) is 0. The van der Waals surface area contributed by atoms with Crippen LogP contribution < -0.4 is 0 Å². The number of likely N-dealkylation sites (N-methyl/N-ethyl adjacent to an activating group) is 1. The Bertz CT molecular complexity index is 652. The van der Waals surface area contributed by atoms with Gasteiger partial charge in [0.25, 0.3) is 0 Å². The normalized spacial score (nSPS) is 11.8. The van der Waals surface area contributed by atoms with E-state index in [4.69, 9.17) is 0 Å². The highest BCUT2D eigenvalue weighted by Gasteiger charge is 2.19. The van der Waals surface area contributed by atoms with Crippen molar-refractivity contribution in [2.45, 2.75) is 18.2 Å². The Hall–Kier alpha value is -1.72. The van der Waals surface area contributed by atoms with Crippen LogP contribution in [0.2, 0.25) is 0 Å². The molecule has 0 N–H and O–H groups in total. The number of hydrogen-bond acceptors (Lipinski definition) is 3. The molecule has 0 unspecified atom stereocenters. The van der Waals surface area contributed by atoms with Gasteiger partial charge < -0.3 is 0 Å². The van der Waals surface area contributed by atoms with Crippen LogP contribution >= 0.6 is 0 Å². The van der Waals surface area contributed by atoms with E-state index in [0.717, 1.165) is 11.1 Å². The van der Waals surface area contributed by atoms with Gasteiger partial charge in [0.05, 0.1) is 4.90 Å². The van der Waals surface area contributed by atoms with Crippen molar-refractivity contribution in [2.75, 3.05) is 13.6 Å². The van der Waals surface area contributed by atoms with Crippen LogP contribution in [0.25, 0.3) is 0 Å². The number of benzene rings is 1. The molecule has 1 aromatic carbocycles. The molecule has 0 amide bonds. The molecular weight excluding hydrogens is 272 g/mol. The first kappa shape index (κ1) is 14.7. The quantitative estimate of drug-likeness (QED) is 0.848. The Labute approximate surface area is 120 Å². The van der Waals surface area contributed by atoms with Gasteiger partial charge in [0.15, 0.2) is 0 Å². The largest absolute Gasteiger partial charge is 0.265 e. The molecule has 0 aliphatic carbocycles. The zero-order valence-electron chi connectivity index (χ0n) is 11.7. The van der Waals surface area contributed by atoms with Crippen LogP contribution in [0.3, 0.4) is 0 Å². The van der Waals surface area contributed by atoms with E-state index in [1.165, 1.54) is 4.31 Å². The van der Waals surface area contributed by atoms with Gasteiger partial charge in [-0.2, -0.15) is 0 Å². The smallest absolute Gasteiger partial charge is 0.242 e. The average molecular weight is 290 g/mol. The standard InChI is InChI=1S/C15H18N2O2S/c1-13-3-5-15(6-4-13)20(18,19)17(2)12-9-14-7-10-16-11-8-14/h3-8,10-11H,9,12H2,1-2H3. The third-order valence-electron chi connectivity index (χ3n) is 3.19. The molecule has 0 saturated carbocycles. The van der Waals surface area contributed by atoms with Crippen molar-refractivity contribution < 1.29 is 8.42 Å². The lowest BCUT2D eigenvalue weighted by molar-refractivity contribution is 0.472. The number of pyridine rings is 1. The Kier molecular flexibility index (Phi) is 4.52. The molecule has 0 radical (unpaired) electrons. The summed E-state index contributed by atoms with van der Waals surface area (Å²) in [7, 11) is -1.80. The summed E-state index contributed by atoms with van der Waals surface area (Å²) in [6.07, 6.45) is 4.09. The van der Waals surface area contributed by atoms with Crippen molar-refractivity contribution in [2.24, 2.45) is 0 Å². The van der Waals surface area contributed by atoms with Gasteiger partial charge in [0.2, 0.25) is 10.0 Å². The third kappa shape index (κ3) is 3.43. The van der Waals surface area contributed by atoms with Gasteiger partial charge in [-0.15, -0.1) is 0 Å². The van der Waals surface area contributed by atoms with E-state index in [1.54, 1.807) is 31.6 Å². The summed E-state index contributed by atoms with van der Waals surface area (Å²) in [4.78, 5) is 4.28. The van der Waals surface area contributed by atoms with Gasteiger partial charge in [0.1, 0.15) is 0 Å². The van der Waals surface area contributed by atoms with Crippen molar-refractivity contribution in [3.8, 4) is 0 Å². The molecule has 0 atom stereocenters. The topological polar surface area (TPSA) is 50.3 Å². The number of hydrogen-bond donors (Lipinski definition) is 0. The van der Waals surface area contributed by atoms with Gasteiger partial charge in [-0.1, -0.05) is 17.7 Å². The maximum Gasteiger partial charge on any atom is 0.242 e. The minimum atomic E-state index is -3.41. The van der Waals surface area contributed by atoms with Gasteiger partial charge in [-0.25, -0.2) is 12.7 Å². The van der Waals surface area contributed by atoms with E-state index in [0.29, 0.717) is 17.9 Å². The fourth-order valence-electron chi connectivity index (χ4n) is 1.85. The minimum Gasteiger partial charge on any atom is -0.265 e. The third-order valence-corrected chi connectivity index (χ3v) is 5.06. The monoisotopic (exact) mass is 290 g/mol. The van der Waals surface area contributed by atoms with Gasteiger partial charge in [0, 0.05) is 26.0 Å². The summed E-state index contributed by atoms with van der Waals surface area (Å²) >= 11 is 0. The summed E-state index contributed by atoms with van der Waals surface area (Å²) in [5, 5.41) is 0. The van der Waals surface area contributed by atoms with Gasteiger partial charge in [-0.3, -0.25) is 4.98 Å². The summed E-state index contributed by atoms with van der Waals surface area (Å²) in [6, 6.07) is 10.7. The number of aryl methyl sites for hydroxylation is 1. The first-order valence-corrected chi connectivity index (χ1v) is 7.86. The van der Waals surface area contributed by atoms with Crippen molar-refractivity contribution in [1.29, 1.82) is 0 Å². The van der Waals surface area contributed by atoms with Crippen LogP contribution in [0.15, 0.2) is 53.7 Å². The van der Waals surface area contributed by atoms with Crippen LogP contribution in [0.1, 0.15) is 11.1 Å². The molecule has 5 heteroatoms. The van der Waals surface area contributed by atoms with Crippen molar-refractivity contribution in [1.82, 2.24) is 9.29 Å². The van der Waals surface area contributed by atoms with E-state index in [9.17, 15) is 8.42 Å². The van der Waals surface area contributed by atoms with Crippen molar-refractivity contribution in [3.63, 3.8) is 0 Å². The maximum absolute atomic E-state index is 12.4. The van der Waals surface area contributed by atoms with Crippen molar-refractivity contribution in [3.05, 3.63) is 59.9 Å². The summed E-state index contributed by atoms with van der Waals surface area (Å²) < 4.78 is 26.1. The van der Waals surface area contributed by atoms with E-state index in [1.807, 2.05) is 31.2 Å². The maximum atomic E-state index is 12.4. The molecule has 1 aromatic heterocycles. The average Bonchev–Trinajstić information content (AvgIpc) is 2.46. The summed E-state index contributed by atoms with van der Waals surface area (Å²) in [5.41, 5.74) is 2.12. The Morgan fingerprint density at radius 3 is 2.25 bits per heavy atom. The molecule has 0 aliphatic rings. The first-order valence-electron chi connectivity index (χ1n) is 6.42. The molecule has 4 nitrogen and oxygen atoms in total. The molecule has 0 bridgehead atoms. The van der Waals surface area contributed by atoms with Crippen LogP contribution in [0.5, 0.6) is 0 Å². The second-order valence-corrected chi connectivity index (χ2v) is 6.79. The molecule has 2 rings (SSSR count). The van der Waals surface area contributed by atoms with Crippen LogP contribution in [-0.2, 0) is 16.4 Å². The first-order chi connectivity index (χ1) is 9.50. The predicted octanol–water partition coefficient (Wildman–Crippen LogP) is 2.25. The lowest BCUT2D eigenvalue weighted by Gasteiger charge is -2.17. The zero-order chi connectivity index (χ0) is 14.6. The zero-order valence-corrected chi connectivity index (χ0v) is 12.5. The van der Waals surface area contributed by atoms with Crippen LogP contribution in [0, 0.1) is 6.92 Å². The van der Waals surface area contributed by atoms with Gasteiger partial charge in [-0.05, 0) is 43.2 Å². The molecule has 106 valence electrons. The highest BCUT2D eigenvalue weighted by atomic mass is 32.2. The molecule has 20 heavy (non-hydrogen) atoms. The fraction of sp³-hybridized carbons (Fsp3) is 0.267. The lowest BCUT2D eigenvalue weighted by atomic mass is 10.2. The molecule has 0 aliphatic heterocycles. The lowest BCUT2D eigenvalue weighted by Crippen LogP contribution is -2.29. The molecule has 0 spiro atoms. The number of rotatable bonds is 5. The van der Waals surface area contributed by atoms with Crippen LogP contribution in [0.4, 0.5) is 0 Å². The number of aromatic nitrogens is 1. The second-order valence-electron chi connectivity index (χ2n) is 4.75. The minimum absolute atomic E-state index is 0.334. The highest BCUT2D eigenvalue weighted by molar-refractivity contribution is 7.89.